The first-order valence-electron chi connectivity index (χ1n) is 5.53. The quantitative estimate of drug-likeness (QED) is 0.842. The number of halogens is 1. The minimum Gasteiger partial charge on any atom is -0.495 e. The number of hydrogen-bond acceptors (Lipinski definition) is 5. The molecule has 0 aromatic heterocycles. The van der Waals surface area contributed by atoms with E-state index in [1.54, 1.807) is 13.1 Å². The van der Waals surface area contributed by atoms with E-state index in [0.717, 1.165) is 0 Å². The lowest BCUT2D eigenvalue weighted by Gasteiger charge is -2.22. The van der Waals surface area contributed by atoms with Gasteiger partial charge >= 0.3 is 0 Å². The highest BCUT2D eigenvalue weighted by Crippen LogP contribution is 2.43. The molecule has 0 amide bonds. The Morgan fingerprint density at radius 3 is 2.89 bits per heavy atom. The summed E-state index contributed by atoms with van der Waals surface area (Å²) >= 11 is 6.17. The van der Waals surface area contributed by atoms with Gasteiger partial charge in [-0.2, -0.15) is 0 Å². The largest absolute Gasteiger partial charge is 0.495 e. The van der Waals surface area contributed by atoms with Crippen LogP contribution in [0.5, 0.6) is 17.2 Å². The van der Waals surface area contributed by atoms with E-state index < -0.39 is 0 Å². The summed E-state index contributed by atoms with van der Waals surface area (Å²) in [5.41, 5.74) is 0.306. The molecule has 0 atom stereocenters. The van der Waals surface area contributed by atoms with E-state index in [2.05, 4.69) is 5.32 Å². The van der Waals surface area contributed by atoms with E-state index >= 15 is 0 Å². The number of fused-ring (bicyclic) bond motifs is 1. The summed E-state index contributed by atoms with van der Waals surface area (Å²) in [5.74, 6) is 1.12. The second-order valence-corrected chi connectivity index (χ2v) is 4.12. The molecule has 0 saturated carbocycles. The third-order valence-electron chi connectivity index (χ3n) is 2.57. The molecule has 6 heteroatoms. The number of hydrogen-bond donors (Lipinski definition) is 1. The van der Waals surface area contributed by atoms with E-state index in [4.69, 9.17) is 25.8 Å². The molecule has 1 aliphatic heterocycles. The fraction of sp³-hybridized carbons (Fsp3) is 0.417. The van der Waals surface area contributed by atoms with Gasteiger partial charge in [-0.25, -0.2) is 0 Å². The molecule has 1 N–H and O–H groups in total. The molecule has 1 aromatic rings. The van der Waals surface area contributed by atoms with Gasteiger partial charge in [-0.1, -0.05) is 11.6 Å². The first-order chi connectivity index (χ1) is 8.69. The Balaban J connectivity index is 2.56. The van der Waals surface area contributed by atoms with Gasteiger partial charge in [-0.15, -0.1) is 0 Å². The number of ketones is 1. The molecule has 0 radical (unpaired) electrons. The number of rotatable bonds is 4. The first kappa shape index (κ1) is 13.0. The maximum atomic E-state index is 12.1. The van der Waals surface area contributed by atoms with Gasteiger partial charge in [-0.3, -0.25) is 4.79 Å². The Hall–Kier alpha value is -1.46. The topological polar surface area (TPSA) is 56.8 Å². The zero-order valence-corrected chi connectivity index (χ0v) is 11.0. The summed E-state index contributed by atoms with van der Waals surface area (Å²) in [6.45, 7) is 1.01. The van der Waals surface area contributed by atoms with Crippen molar-refractivity contribution in [3.05, 3.63) is 16.7 Å². The van der Waals surface area contributed by atoms with Crippen molar-refractivity contribution >= 4 is 17.4 Å². The van der Waals surface area contributed by atoms with Gasteiger partial charge < -0.3 is 19.5 Å². The zero-order chi connectivity index (χ0) is 13.1. The molecule has 2 rings (SSSR count). The number of ether oxygens (including phenoxy) is 3. The molecule has 0 bridgehead atoms. The smallest absolute Gasteiger partial charge is 0.182 e. The fourth-order valence-corrected chi connectivity index (χ4v) is 2.11. The predicted octanol–water partition coefficient (Wildman–Crippen LogP) is 1.52. The highest BCUT2D eigenvalue weighted by molar-refractivity contribution is 6.36. The van der Waals surface area contributed by atoms with Gasteiger partial charge in [0.05, 0.1) is 24.2 Å². The average Bonchev–Trinajstić information content (AvgIpc) is 2.38. The van der Waals surface area contributed by atoms with Crippen molar-refractivity contribution in [2.24, 2.45) is 0 Å². The Kier molecular flexibility index (Phi) is 3.93. The van der Waals surface area contributed by atoms with E-state index in [0.29, 0.717) is 36.0 Å². The maximum absolute atomic E-state index is 12.1. The second kappa shape index (κ2) is 5.46. The fourth-order valence-electron chi connectivity index (χ4n) is 1.79. The predicted molar refractivity (Wildman–Crippen MR) is 67.3 cm³/mol. The van der Waals surface area contributed by atoms with E-state index in [9.17, 15) is 4.79 Å². The first-order valence-corrected chi connectivity index (χ1v) is 5.90. The molecule has 1 aliphatic rings. The number of likely N-dealkylation sites (N-methyl/N-ethyl adjacent to an activating group) is 1. The Labute approximate surface area is 110 Å². The van der Waals surface area contributed by atoms with Gasteiger partial charge in [0.1, 0.15) is 19.0 Å². The third-order valence-corrected chi connectivity index (χ3v) is 2.95. The molecule has 0 spiro atoms. The summed E-state index contributed by atoms with van der Waals surface area (Å²) < 4.78 is 16.1. The summed E-state index contributed by atoms with van der Waals surface area (Å²) in [5, 5.41) is 3.04. The molecule has 18 heavy (non-hydrogen) atoms. The van der Waals surface area contributed by atoms with Crippen LogP contribution >= 0.6 is 11.6 Å². The number of Topliss-reactive ketones (excluding diaryl/α,β-unsaturated/α-hetero) is 1. The maximum Gasteiger partial charge on any atom is 0.182 e. The lowest BCUT2D eigenvalue weighted by molar-refractivity contribution is 0.0982. The van der Waals surface area contributed by atoms with Crippen molar-refractivity contribution < 1.29 is 19.0 Å². The van der Waals surface area contributed by atoms with Gasteiger partial charge in [0.2, 0.25) is 0 Å². The molecule has 1 aromatic carbocycles. The van der Waals surface area contributed by atoms with Crippen LogP contribution in [0.15, 0.2) is 6.07 Å². The Bertz CT molecular complexity index is 476. The van der Waals surface area contributed by atoms with Gasteiger partial charge in [-0.05, 0) is 7.05 Å². The lowest BCUT2D eigenvalue weighted by atomic mass is 10.1. The van der Waals surface area contributed by atoms with E-state index in [1.165, 1.54) is 7.11 Å². The van der Waals surface area contributed by atoms with Crippen LogP contribution in [0.1, 0.15) is 10.4 Å². The third kappa shape index (κ3) is 2.23. The van der Waals surface area contributed by atoms with Crippen molar-refractivity contribution in [2.75, 3.05) is 33.9 Å². The van der Waals surface area contributed by atoms with Crippen LogP contribution in [0.4, 0.5) is 0 Å². The molecular formula is C12H14ClNO4. The molecule has 5 nitrogen and oxygen atoms in total. The minimum absolute atomic E-state index is 0.164. The molecule has 98 valence electrons. The van der Waals surface area contributed by atoms with Crippen molar-refractivity contribution in [1.82, 2.24) is 5.32 Å². The number of methoxy groups -OCH3 is 1. The number of carbonyl (C=O) groups excluding carboxylic acids is 1. The molecule has 0 fully saturated rings. The minimum atomic E-state index is -0.164. The summed E-state index contributed by atoms with van der Waals surface area (Å²) in [6, 6.07) is 1.63. The van der Waals surface area contributed by atoms with Crippen molar-refractivity contribution in [2.45, 2.75) is 0 Å². The highest BCUT2D eigenvalue weighted by Gasteiger charge is 2.26. The zero-order valence-electron chi connectivity index (χ0n) is 10.2. The van der Waals surface area contributed by atoms with Crippen LogP contribution in [-0.4, -0.2) is 39.7 Å². The summed E-state index contributed by atoms with van der Waals surface area (Å²) in [4.78, 5) is 12.1. The van der Waals surface area contributed by atoms with Gasteiger partial charge in [0, 0.05) is 6.07 Å². The molecule has 0 unspecified atom stereocenters. The van der Waals surface area contributed by atoms with Crippen LogP contribution in [-0.2, 0) is 0 Å². The van der Waals surface area contributed by atoms with Crippen molar-refractivity contribution in [3.8, 4) is 17.2 Å². The van der Waals surface area contributed by atoms with Crippen LogP contribution in [0.3, 0.4) is 0 Å². The van der Waals surface area contributed by atoms with Crippen molar-refractivity contribution in [1.29, 1.82) is 0 Å². The SMILES string of the molecule is CNCC(=O)c1c(Cl)c(OC)cc2c1OCCO2. The Morgan fingerprint density at radius 2 is 2.22 bits per heavy atom. The van der Waals surface area contributed by atoms with E-state index in [1.807, 2.05) is 0 Å². The summed E-state index contributed by atoms with van der Waals surface area (Å²) in [6.07, 6.45) is 0. The molecule has 1 heterocycles. The number of nitrogens with one attached hydrogen (secondary N) is 1. The van der Waals surface area contributed by atoms with Crippen LogP contribution in [0, 0.1) is 0 Å². The average molecular weight is 272 g/mol. The van der Waals surface area contributed by atoms with Crippen LogP contribution in [0.25, 0.3) is 0 Å². The number of carbonyl (C=O) groups is 1. The monoisotopic (exact) mass is 271 g/mol. The molecule has 0 saturated heterocycles. The summed E-state index contributed by atoms with van der Waals surface area (Å²) in [7, 11) is 3.18. The van der Waals surface area contributed by atoms with Gasteiger partial charge in [0.15, 0.2) is 17.3 Å². The van der Waals surface area contributed by atoms with Crippen LogP contribution in [0.2, 0.25) is 5.02 Å². The Morgan fingerprint density at radius 1 is 1.50 bits per heavy atom. The van der Waals surface area contributed by atoms with Crippen molar-refractivity contribution in [3.63, 3.8) is 0 Å². The molecular weight excluding hydrogens is 258 g/mol. The van der Waals surface area contributed by atoms with Gasteiger partial charge in [0.25, 0.3) is 0 Å². The van der Waals surface area contributed by atoms with Crippen LogP contribution < -0.4 is 19.5 Å². The highest BCUT2D eigenvalue weighted by atomic mass is 35.5. The second-order valence-electron chi connectivity index (χ2n) is 3.75. The normalized spacial score (nSPS) is 13.3. The lowest BCUT2D eigenvalue weighted by Crippen LogP contribution is -2.23. The standard InChI is InChI=1S/C12H14ClNO4/c1-14-6-7(15)10-11(13)8(16-2)5-9-12(10)18-4-3-17-9/h5,14H,3-4,6H2,1-2H3. The molecule has 0 aliphatic carbocycles. The van der Waals surface area contributed by atoms with E-state index in [-0.39, 0.29) is 17.4 Å². The number of benzene rings is 1.